The van der Waals surface area contributed by atoms with Gasteiger partial charge in [-0.2, -0.15) is 18.2 Å². The van der Waals surface area contributed by atoms with Crippen molar-refractivity contribution in [1.82, 2.24) is 15.5 Å². The third-order valence-corrected chi connectivity index (χ3v) is 4.48. The quantitative estimate of drug-likeness (QED) is 0.771. The first kappa shape index (κ1) is 19.3. The van der Waals surface area contributed by atoms with Gasteiger partial charge in [-0.05, 0) is 12.1 Å². The highest BCUT2D eigenvalue weighted by Gasteiger charge is 2.38. The maximum absolute atomic E-state index is 14.3. The van der Waals surface area contributed by atoms with Crippen LogP contribution in [0.3, 0.4) is 0 Å². The Bertz CT molecular complexity index is 884. The molecule has 144 valence electrons. The van der Waals surface area contributed by atoms with Gasteiger partial charge in [0.05, 0.1) is 5.56 Å². The molecule has 0 saturated heterocycles. The van der Waals surface area contributed by atoms with E-state index in [2.05, 4.69) is 25.0 Å². The minimum atomic E-state index is -4.81. The lowest BCUT2D eigenvalue weighted by molar-refractivity contribution is -0.159. The van der Waals surface area contributed by atoms with Gasteiger partial charge in [0.2, 0.25) is 11.7 Å². The van der Waals surface area contributed by atoms with E-state index < -0.39 is 29.9 Å². The van der Waals surface area contributed by atoms with Gasteiger partial charge >= 0.3 is 12.1 Å². The third kappa shape index (κ3) is 4.45. The van der Waals surface area contributed by atoms with Crippen LogP contribution in [0, 0.1) is 5.82 Å². The summed E-state index contributed by atoms with van der Waals surface area (Å²) in [5.41, 5.74) is 0.191. The van der Waals surface area contributed by atoms with E-state index in [9.17, 15) is 22.4 Å². The number of rotatable bonds is 5. The van der Waals surface area contributed by atoms with Crippen molar-refractivity contribution in [3.63, 3.8) is 0 Å². The van der Waals surface area contributed by atoms with Crippen molar-refractivity contribution in [3.05, 3.63) is 35.5 Å². The molecular weight excluding hydrogens is 392 g/mol. The summed E-state index contributed by atoms with van der Waals surface area (Å²) in [5.74, 6) is -2.73. The summed E-state index contributed by atoms with van der Waals surface area (Å²) >= 11 is 1.31. The second kappa shape index (κ2) is 7.64. The van der Waals surface area contributed by atoms with Crippen molar-refractivity contribution in [3.8, 4) is 11.4 Å². The zero-order chi connectivity index (χ0) is 19.6. The van der Waals surface area contributed by atoms with E-state index in [4.69, 9.17) is 4.74 Å². The number of halogens is 4. The molecule has 27 heavy (non-hydrogen) atoms. The van der Waals surface area contributed by atoms with Gasteiger partial charge in [-0.3, -0.25) is 9.79 Å². The number of aromatic nitrogens is 2. The summed E-state index contributed by atoms with van der Waals surface area (Å²) in [6.45, 7) is -0.0973. The fourth-order valence-corrected chi connectivity index (χ4v) is 3.21. The van der Waals surface area contributed by atoms with Crippen molar-refractivity contribution in [2.45, 2.75) is 12.3 Å². The summed E-state index contributed by atoms with van der Waals surface area (Å²) in [6.07, 6.45) is -5.28. The van der Waals surface area contributed by atoms with E-state index in [1.54, 1.807) is 0 Å². The first-order chi connectivity index (χ1) is 12.8. The number of ether oxygens (including phenoxy) is 1. The second-order valence-electron chi connectivity index (χ2n) is 5.38. The number of nitrogens with one attached hydrogen (secondary N) is 1. The molecule has 1 aromatic heterocycles. The summed E-state index contributed by atoms with van der Waals surface area (Å²) in [7, 11) is 1.39. The number of methoxy groups -OCH3 is 1. The molecule has 1 aliphatic rings. The average Bonchev–Trinajstić information content (AvgIpc) is 3.24. The van der Waals surface area contributed by atoms with E-state index in [1.807, 2.05) is 0 Å². The smallest absolute Gasteiger partial charge is 0.375 e. The third-order valence-electron chi connectivity index (χ3n) is 3.38. The van der Waals surface area contributed by atoms with Gasteiger partial charge in [0.15, 0.2) is 0 Å². The molecule has 0 aliphatic carbocycles. The Morgan fingerprint density at radius 2 is 2.22 bits per heavy atom. The monoisotopic (exact) mass is 404 g/mol. The number of alkyl halides is 3. The van der Waals surface area contributed by atoms with Crippen molar-refractivity contribution in [1.29, 1.82) is 0 Å². The maximum atomic E-state index is 14.3. The SMILES string of the molecule is COCC(=O)NC1CSC(c2ccc(-c3noc(C(F)(F)F)n3)c(F)c2)=N1. The lowest BCUT2D eigenvalue weighted by atomic mass is 10.1. The van der Waals surface area contributed by atoms with E-state index in [0.717, 1.165) is 6.07 Å². The number of nitrogens with zero attached hydrogens (tertiary/aromatic N) is 3. The minimum Gasteiger partial charge on any atom is -0.375 e. The van der Waals surface area contributed by atoms with E-state index in [1.165, 1.54) is 31.0 Å². The summed E-state index contributed by atoms with van der Waals surface area (Å²) in [5, 5.41) is 6.30. The molecule has 1 N–H and O–H groups in total. The van der Waals surface area contributed by atoms with Gasteiger partial charge in [-0.15, -0.1) is 11.8 Å². The number of hydrogen-bond acceptors (Lipinski definition) is 7. The molecule has 2 heterocycles. The first-order valence-corrected chi connectivity index (χ1v) is 8.46. The predicted octanol–water partition coefficient (Wildman–Crippen LogP) is 2.48. The van der Waals surface area contributed by atoms with Crippen LogP contribution in [0.1, 0.15) is 11.5 Å². The molecule has 7 nitrogen and oxygen atoms in total. The lowest BCUT2D eigenvalue weighted by Crippen LogP contribution is -2.36. The van der Waals surface area contributed by atoms with Crippen molar-refractivity contribution in [2.75, 3.05) is 19.5 Å². The Morgan fingerprint density at radius 1 is 1.44 bits per heavy atom. The molecule has 1 aromatic carbocycles. The van der Waals surface area contributed by atoms with Crippen LogP contribution in [-0.4, -0.2) is 46.7 Å². The molecule has 12 heteroatoms. The number of aliphatic imine (C=N–C) groups is 1. The minimum absolute atomic E-state index is 0.0973. The molecule has 0 fully saturated rings. The predicted molar refractivity (Wildman–Crippen MR) is 87.5 cm³/mol. The number of hydrogen-bond donors (Lipinski definition) is 1. The van der Waals surface area contributed by atoms with Gasteiger partial charge in [-0.25, -0.2) is 4.39 Å². The Hall–Kier alpha value is -2.47. The molecule has 0 saturated carbocycles. The zero-order valence-electron chi connectivity index (χ0n) is 13.7. The van der Waals surface area contributed by atoms with Gasteiger partial charge in [0.1, 0.15) is 23.6 Å². The fraction of sp³-hybridized carbons (Fsp3) is 0.333. The zero-order valence-corrected chi connectivity index (χ0v) is 14.5. The van der Waals surface area contributed by atoms with Crippen LogP contribution in [0.2, 0.25) is 0 Å². The topological polar surface area (TPSA) is 89.6 Å². The highest BCUT2D eigenvalue weighted by molar-refractivity contribution is 8.14. The number of carbonyl (C=O) groups excluding carboxylic acids is 1. The molecule has 3 rings (SSSR count). The van der Waals surface area contributed by atoms with E-state index in [0.29, 0.717) is 16.4 Å². The molecule has 0 bridgehead atoms. The summed E-state index contributed by atoms with van der Waals surface area (Å²) in [4.78, 5) is 18.9. The van der Waals surface area contributed by atoms with Crippen molar-refractivity contribution in [2.24, 2.45) is 4.99 Å². The molecule has 2 aromatic rings. The van der Waals surface area contributed by atoms with Gasteiger partial charge in [0, 0.05) is 18.4 Å². The fourth-order valence-electron chi connectivity index (χ4n) is 2.24. The molecule has 1 aliphatic heterocycles. The first-order valence-electron chi connectivity index (χ1n) is 7.48. The Kier molecular flexibility index (Phi) is 5.46. The molecule has 1 unspecified atom stereocenters. The van der Waals surface area contributed by atoms with E-state index in [-0.39, 0.29) is 18.1 Å². The molecule has 1 amide bonds. The Balaban J connectivity index is 1.77. The van der Waals surface area contributed by atoms with Crippen LogP contribution in [0.25, 0.3) is 11.4 Å². The van der Waals surface area contributed by atoms with Crippen molar-refractivity contribution < 1.29 is 31.6 Å². The molecule has 0 spiro atoms. The van der Waals surface area contributed by atoms with E-state index >= 15 is 0 Å². The maximum Gasteiger partial charge on any atom is 0.471 e. The van der Waals surface area contributed by atoms with Gasteiger partial charge in [-0.1, -0.05) is 11.2 Å². The normalized spacial score (nSPS) is 17.1. The lowest BCUT2D eigenvalue weighted by Gasteiger charge is -2.07. The largest absolute Gasteiger partial charge is 0.471 e. The molecule has 1 atom stereocenters. The standard InChI is InChI=1S/C15H12F4N4O3S/c1-25-5-11(24)20-10-6-27-13(21-10)7-2-3-8(9(16)4-7)12-22-14(26-23-12)15(17,18)19/h2-4,10H,5-6H2,1H3,(H,20,24). The number of benzene rings is 1. The number of amides is 1. The van der Waals surface area contributed by atoms with Crippen LogP contribution in [0.4, 0.5) is 17.6 Å². The molecular formula is C15H12F4N4O3S. The Labute approximate surface area is 154 Å². The van der Waals surface area contributed by atoms with Crippen molar-refractivity contribution >= 4 is 22.7 Å². The molecule has 0 radical (unpaired) electrons. The van der Waals surface area contributed by atoms with Crippen LogP contribution >= 0.6 is 11.8 Å². The van der Waals surface area contributed by atoms with Crippen LogP contribution in [-0.2, 0) is 15.7 Å². The summed E-state index contributed by atoms with van der Waals surface area (Å²) in [6, 6.07) is 3.84. The Morgan fingerprint density at radius 3 is 2.85 bits per heavy atom. The second-order valence-corrected chi connectivity index (χ2v) is 6.39. The summed E-state index contributed by atoms with van der Waals surface area (Å²) < 4.78 is 60.7. The highest BCUT2D eigenvalue weighted by Crippen LogP contribution is 2.31. The van der Waals surface area contributed by atoms with Gasteiger partial charge < -0.3 is 14.6 Å². The number of thioether (sulfide) groups is 1. The number of carbonyl (C=O) groups is 1. The highest BCUT2D eigenvalue weighted by atomic mass is 32.2. The average molecular weight is 404 g/mol. The van der Waals surface area contributed by atoms with Crippen LogP contribution in [0.5, 0.6) is 0 Å². The van der Waals surface area contributed by atoms with Crippen LogP contribution < -0.4 is 5.32 Å². The van der Waals surface area contributed by atoms with Gasteiger partial charge in [0.25, 0.3) is 0 Å². The van der Waals surface area contributed by atoms with Crippen LogP contribution in [0.15, 0.2) is 27.7 Å².